The number of sulfonamides is 1. The van der Waals surface area contributed by atoms with E-state index in [0.29, 0.717) is 11.8 Å². The second kappa shape index (κ2) is 6.08. The number of thiazole rings is 1. The van der Waals surface area contributed by atoms with Crippen molar-refractivity contribution in [2.75, 3.05) is 0 Å². The summed E-state index contributed by atoms with van der Waals surface area (Å²) < 4.78 is 27.9. The first kappa shape index (κ1) is 15.2. The van der Waals surface area contributed by atoms with Gasteiger partial charge in [0.05, 0.1) is 6.20 Å². The second-order valence-electron chi connectivity index (χ2n) is 5.35. The van der Waals surface area contributed by atoms with Crippen molar-refractivity contribution in [3.05, 3.63) is 10.7 Å². The maximum atomic E-state index is 12.3. The van der Waals surface area contributed by atoms with Gasteiger partial charge in [0.15, 0.2) is 8.68 Å². The zero-order valence-corrected chi connectivity index (χ0v) is 13.5. The molecule has 0 spiro atoms. The molecule has 19 heavy (non-hydrogen) atoms. The van der Waals surface area contributed by atoms with E-state index in [2.05, 4.69) is 23.6 Å². The Labute approximate surface area is 123 Å². The van der Waals surface area contributed by atoms with E-state index < -0.39 is 10.0 Å². The van der Waals surface area contributed by atoms with Gasteiger partial charge in [-0.05, 0) is 24.7 Å². The molecule has 1 aromatic rings. The highest BCUT2D eigenvalue weighted by atomic mass is 35.5. The first-order chi connectivity index (χ1) is 8.90. The molecule has 0 amide bonds. The predicted octanol–water partition coefficient (Wildman–Crippen LogP) is 3.29. The van der Waals surface area contributed by atoms with E-state index >= 15 is 0 Å². The van der Waals surface area contributed by atoms with Gasteiger partial charge in [-0.15, -0.1) is 0 Å². The molecule has 1 aliphatic carbocycles. The quantitative estimate of drug-likeness (QED) is 0.925. The van der Waals surface area contributed by atoms with E-state index in [1.165, 1.54) is 12.6 Å². The Kier molecular flexibility index (Phi) is 4.87. The summed E-state index contributed by atoms with van der Waals surface area (Å²) in [5, 5.41) is 0. The maximum absolute atomic E-state index is 12.3. The Morgan fingerprint density at radius 3 is 2.68 bits per heavy atom. The third-order valence-corrected chi connectivity index (χ3v) is 6.77. The number of halogens is 1. The smallest absolute Gasteiger partial charge is 0.232 e. The van der Waals surface area contributed by atoms with Gasteiger partial charge < -0.3 is 0 Å². The van der Waals surface area contributed by atoms with Gasteiger partial charge in [-0.2, -0.15) is 0 Å². The molecule has 108 valence electrons. The Hall–Kier alpha value is -0.170. The summed E-state index contributed by atoms with van der Waals surface area (Å²) in [4.78, 5) is 3.79. The molecule has 0 aromatic carbocycles. The minimum absolute atomic E-state index is 0.0274. The lowest BCUT2D eigenvalue weighted by molar-refractivity contribution is 0.226. The molecule has 1 fully saturated rings. The van der Waals surface area contributed by atoms with Crippen molar-refractivity contribution in [2.24, 2.45) is 11.8 Å². The molecule has 2 rings (SSSR count). The van der Waals surface area contributed by atoms with Crippen LogP contribution >= 0.6 is 22.9 Å². The van der Waals surface area contributed by atoms with Gasteiger partial charge in [0.2, 0.25) is 0 Å². The SMILES string of the molecule is CC(C)C1CCCCC1NS(=O)(=O)c1cnc(Cl)s1. The molecular formula is C12H19ClN2O2S2. The molecule has 0 aliphatic heterocycles. The minimum atomic E-state index is -3.48. The van der Waals surface area contributed by atoms with Crippen molar-refractivity contribution in [2.45, 2.75) is 49.8 Å². The first-order valence-electron chi connectivity index (χ1n) is 6.54. The van der Waals surface area contributed by atoms with Crippen molar-refractivity contribution in [3.8, 4) is 0 Å². The van der Waals surface area contributed by atoms with Crippen molar-refractivity contribution in [1.82, 2.24) is 9.71 Å². The Morgan fingerprint density at radius 1 is 1.42 bits per heavy atom. The fourth-order valence-corrected chi connectivity index (χ4v) is 5.36. The van der Waals surface area contributed by atoms with Gasteiger partial charge in [0.25, 0.3) is 10.0 Å². The van der Waals surface area contributed by atoms with Crippen LogP contribution in [-0.2, 0) is 10.0 Å². The zero-order valence-electron chi connectivity index (χ0n) is 11.1. The topological polar surface area (TPSA) is 59.1 Å². The summed E-state index contributed by atoms with van der Waals surface area (Å²) in [6.45, 7) is 4.31. The number of nitrogens with one attached hydrogen (secondary N) is 1. The molecule has 0 saturated heterocycles. The maximum Gasteiger partial charge on any atom is 0.251 e. The normalized spacial score (nSPS) is 24.8. The summed E-state index contributed by atoms with van der Waals surface area (Å²) in [6, 6.07) is 0.0274. The number of nitrogens with zero attached hydrogens (tertiary/aromatic N) is 1. The Balaban J connectivity index is 2.14. The molecule has 2 atom stereocenters. The standard InChI is InChI=1S/C12H19ClN2O2S2/c1-8(2)9-5-3-4-6-10(9)15-19(16,17)11-7-14-12(13)18-11/h7-10,15H,3-6H2,1-2H3. The fraction of sp³-hybridized carbons (Fsp3) is 0.750. The van der Waals surface area contributed by atoms with Crippen LogP contribution in [0.3, 0.4) is 0 Å². The molecule has 1 N–H and O–H groups in total. The van der Waals surface area contributed by atoms with Crippen LogP contribution in [0.4, 0.5) is 0 Å². The second-order valence-corrected chi connectivity index (χ2v) is 8.91. The third-order valence-electron chi connectivity index (χ3n) is 3.70. The summed E-state index contributed by atoms with van der Waals surface area (Å²) >= 11 is 6.70. The van der Waals surface area contributed by atoms with E-state index in [9.17, 15) is 8.42 Å². The van der Waals surface area contributed by atoms with Crippen molar-refractivity contribution in [3.63, 3.8) is 0 Å². The van der Waals surface area contributed by atoms with Gasteiger partial charge in [-0.25, -0.2) is 18.1 Å². The molecule has 4 nitrogen and oxygen atoms in total. The molecule has 1 heterocycles. The molecule has 0 bridgehead atoms. The summed E-state index contributed by atoms with van der Waals surface area (Å²) in [5.74, 6) is 0.893. The predicted molar refractivity (Wildman–Crippen MR) is 78.0 cm³/mol. The van der Waals surface area contributed by atoms with Crippen molar-refractivity contribution < 1.29 is 8.42 Å². The van der Waals surface area contributed by atoms with Crippen molar-refractivity contribution in [1.29, 1.82) is 0 Å². The first-order valence-corrected chi connectivity index (χ1v) is 9.21. The van der Waals surface area contributed by atoms with Crippen LogP contribution in [-0.4, -0.2) is 19.4 Å². The highest BCUT2D eigenvalue weighted by Gasteiger charge is 2.31. The van der Waals surface area contributed by atoms with Gasteiger partial charge in [-0.3, -0.25) is 0 Å². The van der Waals surface area contributed by atoms with Crippen LogP contribution in [0.25, 0.3) is 0 Å². The van der Waals surface area contributed by atoms with Crippen LogP contribution in [0.1, 0.15) is 39.5 Å². The summed E-state index contributed by atoms with van der Waals surface area (Å²) in [5.41, 5.74) is 0. The van der Waals surface area contributed by atoms with Gasteiger partial charge in [0.1, 0.15) is 0 Å². The molecular weight excluding hydrogens is 304 g/mol. The molecule has 0 radical (unpaired) electrons. The minimum Gasteiger partial charge on any atom is -0.232 e. The van der Waals surface area contributed by atoms with E-state index in [1.54, 1.807) is 0 Å². The lowest BCUT2D eigenvalue weighted by Gasteiger charge is -2.34. The number of hydrogen-bond acceptors (Lipinski definition) is 4. The van der Waals surface area contributed by atoms with Gasteiger partial charge in [-0.1, -0.05) is 49.6 Å². The summed E-state index contributed by atoms with van der Waals surface area (Å²) in [7, 11) is -3.48. The average Bonchev–Trinajstić information content (AvgIpc) is 2.76. The van der Waals surface area contributed by atoms with Crippen LogP contribution in [0.2, 0.25) is 4.47 Å². The van der Waals surface area contributed by atoms with Crippen LogP contribution in [0, 0.1) is 11.8 Å². The molecule has 1 saturated carbocycles. The highest BCUT2D eigenvalue weighted by Crippen LogP contribution is 2.32. The van der Waals surface area contributed by atoms with E-state index in [0.717, 1.165) is 30.6 Å². The third kappa shape index (κ3) is 3.68. The van der Waals surface area contributed by atoms with E-state index in [4.69, 9.17) is 11.6 Å². The molecule has 2 unspecified atom stereocenters. The van der Waals surface area contributed by atoms with Crippen molar-refractivity contribution >= 4 is 33.0 Å². The Morgan fingerprint density at radius 2 is 2.11 bits per heavy atom. The fourth-order valence-electron chi connectivity index (χ4n) is 2.72. The van der Waals surface area contributed by atoms with Crippen LogP contribution in [0.15, 0.2) is 10.4 Å². The number of hydrogen-bond donors (Lipinski definition) is 1. The lowest BCUT2D eigenvalue weighted by atomic mass is 9.78. The molecule has 7 heteroatoms. The van der Waals surface area contributed by atoms with E-state index in [-0.39, 0.29) is 14.7 Å². The number of rotatable bonds is 4. The van der Waals surface area contributed by atoms with Crippen LogP contribution < -0.4 is 4.72 Å². The van der Waals surface area contributed by atoms with Gasteiger partial charge in [0, 0.05) is 6.04 Å². The van der Waals surface area contributed by atoms with E-state index in [1.807, 2.05) is 0 Å². The summed E-state index contributed by atoms with van der Waals surface area (Å²) in [6.07, 6.45) is 5.60. The largest absolute Gasteiger partial charge is 0.251 e. The van der Waals surface area contributed by atoms with Gasteiger partial charge >= 0.3 is 0 Å². The monoisotopic (exact) mass is 322 g/mol. The number of aromatic nitrogens is 1. The average molecular weight is 323 g/mol. The highest BCUT2D eigenvalue weighted by molar-refractivity contribution is 7.91. The lowest BCUT2D eigenvalue weighted by Crippen LogP contribution is -2.43. The molecule has 1 aromatic heterocycles. The Bertz CT molecular complexity index is 528. The molecule has 1 aliphatic rings. The van der Waals surface area contributed by atoms with Crippen LogP contribution in [0.5, 0.6) is 0 Å². The zero-order chi connectivity index (χ0) is 14.0.